The molecule has 0 radical (unpaired) electrons. The van der Waals surface area contributed by atoms with Gasteiger partial charge in [-0.25, -0.2) is 9.37 Å². The minimum atomic E-state index is -0.494. The van der Waals surface area contributed by atoms with Crippen molar-refractivity contribution in [2.24, 2.45) is 0 Å². The molecular weight excluding hydrogens is 499 g/mol. The third kappa shape index (κ3) is 5.19. The molecule has 0 atom stereocenters. The van der Waals surface area contributed by atoms with Crippen LogP contribution >= 0.6 is 22.7 Å². The summed E-state index contributed by atoms with van der Waals surface area (Å²) in [5.74, 6) is 0.232. The molecule has 182 valence electrons. The van der Waals surface area contributed by atoms with Crippen LogP contribution in [0.15, 0.2) is 65.5 Å². The Morgan fingerprint density at radius 3 is 2.78 bits per heavy atom. The molecule has 1 N–H and O–H groups in total. The molecule has 0 aliphatic heterocycles. The van der Waals surface area contributed by atoms with Crippen LogP contribution in [-0.2, 0) is 22.6 Å². The molecule has 7 nitrogen and oxygen atoms in total. The molecule has 5 rings (SSSR count). The van der Waals surface area contributed by atoms with E-state index in [1.807, 2.05) is 41.1 Å². The number of carbonyl (C=O) groups excluding carboxylic acids is 1. The van der Waals surface area contributed by atoms with Gasteiger partial charge in [-0.05, 0) is 48.2 Å². The largest absolute Gasteiger partial charge is 0.486 e. The van der Waals surface area contributed by atoms with Gasteiger partial charge in [-0.3, -0.25) is 4.79 Å². The van der Waals surface area contributed by atoms with Gasteiger partial charge in [0.25, 0.3) is 0 Å². The van der Waals surface area contributed by atoms with Crippen molar-refractivity contribution in [3.05, 3.63) is 81.9 Å². The van der Waals surface area contributed by atoms with E-state index in [2.05, 4.69) is 20.5 Å². The standard InChI is InChI=1S/C26H21FN4O3S2/c1-2-33-23(32)14-16-7-8-20(19(27)13-16)29-26-18-9-11-36-25(18)24(30-31-26)17-5-3-4-6-21(17)34-15-22-28-10-12-35-22/h3-13H,2,14-15H2,1H3,(H,29,31). The number of carbonyl (C=O) groups is 1. The number of thiophene rings is 1. The number of thiazole rings is 1. The maximum atomic E-state index is 14.8. The van der Waals surface area contributed by atoms with Gasteiger partial charge in [-0.2, -0.15) is 0 Å². The second-order valence-corrected chi connectivity index (χ2v) is 9.59. The number of nitrogens with one attached hydrogen (secondary N) is 1. The second-order valence-electron chi connectivity index (χ2n) is 7.69. The van der Waals surface area contributed by atoms with Crippen LogP contribution in [0.5, 0.6) is 5.75 Å². The zero-order chi connectivity index (χ0) is 24.9. The quantitative estimate of drug-likeness (QED) is 0.226. The monoisotopic (exact) mass is 520 g/mol. The molecule has 5 aromatic rings. The minimum absolute atomic E-state index is 0.0122. The van der Waals surface area contributed by atoms with Crippen molar-refractivity contribution in [2.45, 2.75) is 20.0 Å². The first-order valence-corrected chi connectivity index (χ1v) is 12.9. The number of ether oxygens (including phenoxy) is 2. The number of anilines is 2. The number of benzene rings is 2. The Labute approximate surface area is 214 Å². The third-order valence-electron chi connectivity index (χ3n) is 5.30. The van der Waals surface area contributed by atoms with Gasteiger partial charge in [0.05, 0.1) is 23.4 Å². The molecule has 0 amide bonds. The van der Waals surface area contributed by atoms with Gasteiger partial charge in [0, 0.05) is 22.5 Å². The molecule has 3 heterocycles. The highest BCUT2D eigenvalue weighted by molar-refractivity contribution is 7.17. The first kappa shape index (κ1) is 23.8. The molecule has 0 bridgehead atoms. The molecule has 0 unspecified atom stereocenters. The van der Waals surface area contributed by atoms with Crippen LogP contribution in [0.3, 0.4) is 0 Å². The highest BCUT2D eigenvalue weighted by atomic mass is 32.1. The van der Waals surface area contributed by atoms with Crippen LogP contribution in [-0.4, -0.2) is 27.8 Å². The maximum absolute atomic E-state index is 14.8. The molecule has 10 heteroatoms. The van der Waals surface area contributed by atoms with Crippen molar-refractivity contribution in [1.29, 1.82) is 0 Å². The summed E-state index contributed by atoms with van der Waals surface area (Å²) in [5.41, 5.74) is 2.28. The van der Waals surface area contributed by atoms with Gasteiger partial charge < -0.3 is 14.8 Å². The van der Waals surface area contributed by atoms with Crippen LogP contribution in [0, 0.1) is 5.82 Å². The molecule has 0 aliphatic carbocycles. The van der Waals surface area contributed by atoms with E-state index in [0.29, 0.717) is 29.4 Å². The predicted octanol–water partition coefficient (Wildman–Crippen LogP) is 6.38. The fourth-order valence-corrected chi connectivity index (χ4v) is 5.10. The summed E-state index contributed by atoms with van der Waals surface area (Å²) in [6.07, 6.45) is 1.76. The highest BCUT2D eigenvalue weighted by Crippen LogP contribution is 2.38. The number of hydrogen-bond acceptors (Lipinski definition) is 9. The van der Waals surface area contributed by atoms with E-state index in [1.54, 1.807) is 25.3 Å². The fraction of sp³-hybridized carbons (Fsp3) is 0.154. The normalized spacial score (nSPS) is 10.9. The van der Waals surface area contributed by atoms with Gasteiger partial charge in [0.2, 0.25) is 0 Å². The zero-order valence-corrected chi connectivity index (χ0v) is 20.9. The van der Waals surface area contributed by atoms with Crippen LogP contribution in [0.1, 0.15) is 17.5 Å². The molecule has 0 saturated carbocycles. The summed E-state index contributed by atoms with van der Waals surface area (Å²) in [5, 5.41) is 17.5. The van der Waals surface area contributed by atoms with E-state index in [9.17, 15) is 9.18 Å². The van der Waals surface area contributed by atoms with Crippen LogP contribution in [0.2, 0.25) is 0 Å². The van der Waals surface area contributed by atoms with E-state index < -0.39 is 11.8 Å². The first-order chi connectivity index (χ1) is 17.6. The lowest BCUT2D eigenvalue weighted by molar-refractivity contribution is -0.142. The lowest BCUT2D eigenvalue weighted by Gasteiger charge is -2.13. The minimum Gasteiger partial charge on any atom is -0.486 e. The highest BCUT2D eigenvalue weighted by Gasteiger charge is 2.17. The number of aromatic nitrogens is 3. The molecule has 3 aromatic heterocycles. The van der Waals surface area contributed by atoms with E-state index in [0.717, 1.165) is 20.7 Å². The number of fused-ring (bicyclic) bond motifs is 1. The molecule has 2 aromatic carbocycles. The van der Waals surface area contributed by atoms with Crippen LogP contribution in [0.25, 0.3) is 21.3 Å². The molecular formula is C26H21FN4O3S2. The van der Waals surface area contributed by atoms with E-state index in [-0.39, 0.29) is 18.7 Å². The number of para-hydroxylation sites is 1. The Morgan fingerprint density at radius 1 is 1.08 bits per heavy atom. The van der Waals surface area contributed by atoms with E-state index in [1.165, 1.54) is 28.7 Å². The van der Waals surface area contributed by atoms with Gasteiger partial charge in [0.15, 0.2) is 5.82 Å². The summed E-state index contributed by atoms with van der Waals surface area (Å²) in [6, 6.07) is 14.2. The summed E-state index contributed by atoms with van der Waals surface area (Å²) >= 11 is 3.06. The van der Waals surface area contributed by atoms with Gasteiger partial charge >= 0.3 is 5.97 Å². The van der Waals surface area contributed by atoms with Gasteiger partial charge in [-0.1, -0.05) is 18.2 Å². The Morgan fingerprint density at radius 2 is 1.97 bits per heavy atom. The van der Waals surface area contributed by atoms with E-state index >= 15 is 0 Å². The van der Waals surface area contributed by atoms with Crippen molar-refractivity contribution in [3.8, 4) is 17.0 Å². The molecule has 0 fully saturated rings. The summed E-state index contributed by atoms with van der Waals surface area (Å²) in [7, 11) is 0. The summed E-state index contributed by atoms with van der Waals surface area (Å²) in [6.45, 7) is 2.38. The van der Waals surface area contributed by atoms with Crippen molar-refractivity contribution in [1.82, 2.24) is 15.2 Å². The molecule has 36 heavy (non-hydrogen) atoms. The lowest BCUT2D eigenvalue weighted by atomic mass is 10.1. The average Bonchev–Trinajstić information content (AvgIpc) is 3.58. The third-order valence-corrected chi connectivity index (χ3v) is 6.98. The molecule has 0 spiro atoms. The second kappa shape index (κ2) is 10.8. The zero-order valence-electron chi connectivity index (χ0n) is 19.2. The van der Waals surface area contributed by atoms with Crippen molar-refractivity contribution < 1.29 is 18.7 Å². The SMILES string of the molecule is CCOC(=O)Cc1ccc(Nc2nnc(-c3ccccc3OCc3nccs3)c3sccc23)c(F)c1. The summed E-state index contributed by atoms with van der Waals surface area (Å²) < 4.78 is 26.7. The lowest BCUT2D eigenvalue weighted by Crippen LogP contribution is -2.08. The smallest absolute Gasteiger partial charge is 0.310 e. The van der Waals surface area contributed by atoms with Crippen LogP contribution in [0.4, 0.5) is 15.9 Å². The number of hydrogen-bond donors (Lipinski definition) is 1. The Hall–Kier alpha value is -3.89. The predicted molar refractivity (Wildman–Crippen MR) is 139 cm³/mol. The number of halogens is 1. The Balaban J connectivity index is 1.41. The topological polar surface area (TPSA) is 86.2 Å². The average molecular weight is 521 g/mol. The fourth-order valence-electron chi connectivity index (χ4n) is 3.67. The van der Waals surface area contributed by atoms with Crippen molar-refractivity contribution in [3.63, 3.8) is 0 Å². The van der Waals surface area contributed by atoms with Crippen molar-refractivity contribution >= 4 is 50.2 Å². The Bertz CT molecular complexity index is 1500. The van der Waals surface area contributed by atoms with Crippen molar-refractivity contribution in [2.75, 3.05) is 11.9 Å². The summed E-state index contributed by atoms with van der Waals surface area (Å²) in [4.78, 5) is 16.0. The van der Waals surface area contributed by atoms with E-state index in [4.69, 9.17) is 9.47 Å². The van der Waals surface area contributed by atoms with Gasteiger partial charge in [0.1, 0.15) is 28.9 Å². The number of esters is 1. The maximum Gasteiger partial charge on any atom is 0.310 e. The number of nitrogens with zero attached hydrogens (tertiary/aromatic N) is 3. The van der Waals surface area contributed by atoms with Crippen LogP contribution < -0.4 is 10.1 Å². The van der Waals surface area contributed by atoms with Gasteiger partial charge in [-0.15, -0.1) is 32.9 Å². The molecule has 0 aliphatic rings. The Kier molecular flexibility index (Phi) is 7.15. The first-order valence-electron chi connectivity index (χ1n) is 11.2. The molecule has 0 saturated heterocycles. The number of rotatable bonds is 9.